The van der Waals surface area contributed by atoms with E-state index in [0.717, 1.165) is 0 Å². The summed E-state index contributed by atoms with van der Waals surface area (Å²) in [7, 11) is 1.59. The molecule has 0 atom stereocenters. The molecule has 0 spiro atoms. The van der Waals surface area contributed by atoms with E-state index in [1.807, 2.05) is 11.4 Å². The number of ether oxygens (including phenoxy) is 2. The third-order valence-corrected chi connectivity index (χ3v) is 4.56. The second-order valence-corrected chi connectivity index (χ2v) is 6.48. The molecule has 0 aliphatic carbocycles. The van der Waals surface area contributed by atoms with Gasteiger partial charge in [0.1, 0.15) is 6.61 Å². The number of carbonyl (C=O) groups is 2. The standard InChI is InChI=1S/C20H18N2O4S/c1-25-10-11-26-18-9-8-14(13-21-18)22-20(24)16-6-3-2-5-15(16)19(23)17-7-4-12-27-17/h2-9,12-13H,10-11H2,1H3,(H,22,24). The highest BCUT2D eigenvalue weighted by Crippen LogP contribution is 2.20. The Morgan fingerprint density at radius 1 is 1.04 bits per heavy atom. The summed E-state index contributed by atoms with van der Waals surface area (Å²) in [6.07, 6.45) is 1.50. The molecule has 138 valence electrons. The van der Waals surface area contributed by atoms with Crippen molar-refractivity contribution < 1.29 is 19.1 Å². The number of anilines is 1. The van der Waals surface area contributed by atoms with E-state index in [1.54, 1.807) is 49.6 Å². The molecule has 0 bridgehead atoms. The highest BCUT2D eigenvalue weighted by Gasteiger charge is 2.18. The molecule has 0 saturated heterocycles. The lowest BCUT2D eigenvalue weighted by Gasteiger charge is -2.10. The molecule has 0 radical (unpaired) electrons. The van der Waals surface area contributed by atoms with Crippen LogP contribution in [0.2, 0.25) is 0 Å². The summed E-state index contributed by atoms with van der Waals surface area (Å²) in [6.45, 7) is 0.864. The molecule has 0 aliphatic rings. The Morgan fingerprint density at radius 2 is 1.85 bits per heavy atom. The van der Waals surface area contributed by atoms with Crippen molar-refractivity contribution in [1.29, 1.82) is 0 Å². The fourth-order valence-electron chi connectivity index (χ4n) is 2.39. The van der Waals surface area contributed by atoms with Crippen molar-refractivity contribution in [3.63, 3.8) is 0 Å². The molecule has 6 nitrogen and oxygen atoms in total. The van der Waals surface area contributed by atoms with E-state index in [1.165, 1.54) is 17.5 Å². The number of rotatable bonds is 8. The van der Waals surface area contributed by atoms with Crippen LogP contribution in [0.5, 0.6) is 5.88 Å². The van der Waals surface area contributed by atoms with Gasteiger partial charge in [-0.2, -0.15) is 0 Å². The highest BCUT2D eigenvalue weighted by molar-refractivity contribution is 7.12. The Kier molecular flexibility index (Phi) is 6.30. The molecule has 7 heteroatoms. The van der Waals surface area contributed by atoms with E-state index in [0.29, 0.717) is 40.8 Å². The largest absolute Gasteiger partial charge is 0.475 e. The van der Waals surface area contributed by atoms with Crippen LogP contribution in [0.25, 0.3) is 0 Å². The second kappa shape index (κ2) is 9.07. The third kappa shape index (κ3) is 4.78. The van der Waals surface area contributed by atoms with Crippen LogP contribution in [0.15, 0.2) is 60.1 Å². The van der Waals surface area contributed by atoms with Crippen molar-refractivity contribution in [2.45, 2.75) is 0 Å². The number of hydrogen-bond donors (Lipinski definition) is 1. The first-order chi connectivity index (χ1) is 13.2. The van der Waals surface area contributed by atoms with Crippen molar-refractivity contribution in [3.8, 4) is 5.88 Å². The Hall–Kier alpha value is -3.03. The maximum absolute atomic E-state index is 12.7. The van der Waals surface area contributed by atoms with Gasteiger partial charge in [-0.3, -0.25) is 9.59 Å². The summed E-state index contributed by atoms with van der Waals surface area (Å²) in [5.41, 5.74) is 1.19. The topological polar surface area (TPSA) is 77.5 Å². The SMILES string of the molecule is COCCOc1ccc(NC(=O)c2ccccc2C(=O)c2cccs2)cn1. The summed E-state index contributed by atoms with van der Waals surface area (Å²) >= 11 is 1.35. The minimum Gasteiger partial charge on any atom is -0.475 e. The molecule has 0 unspecified atom stereocenters. The zero-order chi connectivity index (χ0) is 19.1. The summed E-state index contributed by atoms with van der Waals surface area (Å²) < 4.78 is 10.3. The molecule has 2 heterocycles. The lowest BCUT2D eigenvalue weighted by Crippen LogP contribution is -2.16. The van der Waals surface area contributed by atoms with E-state index in [2.05, 4.69) is 10.3 Å². The number of carbonyl (C=O) groups excluding carboxylic acids is 2. The number of benzene rings is 1. The van der Waals surface area contributed by atoms with Crippen LogP contribution >= 0.6 is 11.3 Å². The van der Waals surface area contributed by atoms with E-state index >= 15 is 0 Å². The van der Waals surface area contributed by atoms with Crippen LogP contribution in [0.3, 0.4) is 0 Å². The fraction of sp³-hybridized carbons (Fsp3) is 0.150. The predicted octanol–water partition coefficient (Wildman–Crippen LogP) is 3.65. The summed E-state index contributed by atoms with van der Waals surface area (Å²) in [5, 5.41) is 4.59. The summed E-state index contributed by atoms with van der Waals surface area (Å²) in [6, 6.07) is 13.7. The Morgan fingerprint density at radius 3 is 2.52 bits per heavy atom. The zero-order valence-electron chi connectivity index (χ0n) is 14.7. The molecule has 0 aliphatic heterocycles. The van der Waals surface area contributed by atoms with Crippen molar-refractivity contribution in [3.05, 3.63) is 76.1 Å². The van der Waals surface area contributed by atoms with Gasteiger partial charge in [0.25, 0.3) is 5.91 Å². The minimum atomic E-state index is -0.370. The van der Waals surface area contributed by atoms with Crippen molar-refractivity contribution >= 4 is 28.7 Å². The van der Waals surface area contributed by atoms with E-state index in [9.17, 15) is 9.59 Å². The lowest BCUT2D eigenvalue weighted by atomic mass is 10.0. The Balaban J connectivity index is 1.72. The molecule has 0 saturated carbocycles. The van der Waals surface area contributed by atoms with Gasteiger partial charge in [0, 0.05) is 18.7 Å². The second-order valence-electron chi connectivity index (χ2n) is 5.53. The van der Waals surface area contributed by atoms with Gasteiger partial charge >= 0.3 is 0 Å². The molecule has 1 amide bonds. The molecule has 1 N–H and O–H groups in total. The van der Waals surface area contributed by atoms with Crippen LogP contribution < -0.4 is 10.1 Å². The lowest BCUT2D eigenvalue weighted by molar-refractivity contribution is 0.0997. The van der Waals surface area contributed by atoms with Gasteiger partial charge in [-0.15, -0.1) is 11.3 Å². The highest BCUT2D eigenvalue weighted by atomic mass is 32.1. The smallest absolute Gasteiger partial charge is 0.256 e. The van der Waals surface area contributed by atoms with Crippen LogP contribution in [-0.2, 0) is 4.74 Å². The predicted molar refractivity (Wildman–Crippen MR) is 104 cm³/mol. The van der Waals surface area contributed by atoms with Crippen LogP contribution in [0, 0.1) is 0 Å². The number of pyridine rings is 1. The maximum atomic E-state index is 12.7. The number of nitrogens with zero attached hydrogens (tertiary/aromatic N) is 1. The molecule has 2 aromatic heterocycles. The van der Waals surface area contributed by atoms with E-state index in [4.69, 9.17) is 9.47 Å². The average molecular weight is 382 g/mol. The Labute approximate surface area is 160 Å². The number of methoxy groups -OCH3 is 1. The number of thiophene rings is 1. The number of nitrogens with one attached hydrogen (secondary N) is 1. The minimum absolute atomic E-state index is 0.171. The first kappa shape index (κ1) is 18.8. The quantitative estimate of drug-likeness (QED) is 0.475. The average Bonchev–Trinajstić information content (AvgIpc) is 3.24. The monoisotopic (exact) mass is 382 g/mol. The zero-order valence-corrected chi connectivity index (χ0v) is 15.5. The van der Waals surface area contributed by atoms with Gasteiger partial charge in [0.2, 0.25) is 11.7 Å². The van der Waals surface area contributed by atoms with Crippen molar-refractivity contribution in [2.24, 2.45) is 0 Å². The van der Waals surface area contributed by atoms with Crippen molar-refractivity contribution in [2.75, 3.05) is 25.6 Å². The fourth-order valence-corrected chi connectivity index (χ4v) is 3.07. The summed E-state index contributed by atoms with van der Waals surface area (Å²) in [5.74, 6) is -0.0977. The number of amides is 1. The Bertz CT molecular complexity index is 908. The first-order valence-electron chi connectivity index (χ1n) is 8.25. The molecule has 3 aromatic rings. The van der Waals surface area contributed by atoms with E-state index in [-0.39, 0.29) is 11.7 Å². The number of ketones is 1. The first-order valence-corrected chi connectivity index (χ1v) is 9.13. The number of hydrogen-bond acceptors (Lipinski definition) is 6. The van der Waals surface area contributed by atoms with Gasteiger partial charge in [-0.1, -0.05) is 24.3 Å². The van der Waals surface area contributed by atoms with Crippen LogP contribution in [-0.4, -0.2) is 37.0 Å². The third-order valence-electron chi connectivity index (χ3n) is 3.69. The maximum Gasteiger partial charge on any atom is 0.256 e. The molecular formula is C20H18N2O4S. The normalized spacial score (nSPS) is 10.4. The molecule has 3 rings (SSSR count). The summed E-state index contributed by atoms with van der Waals surface area (Å²) in [4.78, 5) is 30.0. The molecule has 0 fully saturated rings. The van der Waals surface area contributed by atoms with Gasteiger partial charge in [0.15, 0.2) is 0 Å². The van der Waals surface area contributed by atoms with Crippen LogP contribution in [0.1, 0.15) is 25.6 Å². The molecular weight excluding hydrogens is 364 g/mol. The number of aromatic nitrogens is 1. The van der Waals surface area contributed by atoms with Crippen molar-refractivity contribution in [1.82, 2.24) is 4.98 Å². The molecule has 1 aromatic carbocycles. The van der Waals surface area contributed by atoms with Gasteiger partial charge in [0.05, 0.1) is 28.9 Å². The van der Waals surface area contributed by atoms with Gasteiger partial charge in [-0.05, 0) is 23.6 Å². The van der Waals surface area contributed by atoms with Gasteiger partial charge in [-0.25, -0.2) is 4.98 Å². The van der Waals surface area contributed by atoms with E-state index < -0.39 is 0 Å². The molecule has 27 heavy (non-hydrogen) atoms. The van der Waals surface area contributed by atoms with Gasteiger partial charge < -0.3 is 14.8 Å². The van der Waals surface area contributed by atoms with Crippen LogP contribution in [0.4, 0.5) is 5.69 Å².